The summed E-state index contributed by atoms with van der Waals surface area (Å²) in [6.45, 7) is 0.324. The fourth-order valence-electron chi connectivity index (χ4n) is 2.25. The van der Waals surface area contributed by atoms with Crippen LogP contribution in [0.1, 0.15) is 20.8 Å². The molecule has 8 heteroatoms. The van der Waals surface area contributed by atoms with Gasteiger partial charge in [-0.15, -0.1) is 0 Å². The fourth-order valence-corrected chi connectivity index (χ4v) is 2.25. The van der Waals surface area contributed by atoms with E-state index in [1.807, 2.05) is 0 Å². The fraction of sp³-hybridized carbons (Fsp3) is 0.417. The second-order valence-electron chi connectivity index (χ2n) is 4.43. The number of pyridine rings is 1. The number of nitrogens with zero attached hydrogens (tertiary/aromatic N) is 2. The van der Waals surface area contributed by atoms with Crippen molar-refractivity contribution < 1.29 is 19.4 Å². The number of methoxy groups -OCH3 is 1. The van der Waals surface area contributed by atoms with Gasteiger partial charge in [0.1, 0.15) is 11.7 Å². The topological polar surface area (TPSA) is 101 Å². The number of carbonyl (C=O) groups is 2. The number of ether oxygens (including phenoxy) is 1. The van der Waals surface area contributed by atoms with Gasteiger partial charge in [-0.1, -0.05) is 0 Å². The highest BCUT2D eigenvalue weighted by atomic mass is 16.5. The van der Waals surface area contributed by atoms with Crippen molar-refractivity contribution in [3.63, 3.8) is 0 Å². The van der Waals surface area contributed by atoms with E-state index in [1.54, 1.807) is 14.1 Å². The maximum atomic E-state index is 12.3. The Bertz CT molecular complexity index is 637. The van der Waals surface area contributed by atoms with Gasteiger partial charge in [-0.05, 0) is 7.05 Å². The molecule has 0 aliphatic carbocycles. The minimum Gasteiger partial charge on any atom is -0.491 e. The van der Waals surface area contributed by atoms with Crippen molar-refractivity contribution in [3.05, 3.63) is 27.7 Å². The lowest BCUT2D eigenvalue weighted by atomic mass is 10.1. The highest BCUT2D eigenvalue weighted by Gasteiger charge is 2.34. The van der Waals surface area contributed by atoms with Crippen LogP contribution in [0.4, 0.5) is 0 Å². The van der Waals surface area contributed by atoms with Crippen LogP contribution in [-0.2, 0) is 6.54 Å². The van der Waals surface area contributed by atoms with E-state index in [1.165, 1.54) is 22.8 Å². The molecular weight excluding hydrogens is 266 g/mol. The summed E-state index contributed by atoms with van der Waals surface area (Å²) in [5, 5.41) is 12.0. The van der Waals surface area contributed by atoms with E-state index in [0.717, 1.165) is 0 Å². The molecule has 1 amide bonds. The molecule has 1 aromatic rings. The van der Waals surface area contributed by atoms with Crippen LogP contribution in [-0.4, -0.2) is 53.8 Å². The normalized spacial score (nSPS) is 17.9. The molecule has 0 radical (unpaired) electrons. The van der Waals surface area contributed by atoms with Gasteiger partial charge in [0.15, 0.2) is 11.4 Å². The molecule has 8 nitrogen and oxygen atoms in total. The van der Waals surface area contributed by atoms with Crippen LogP contribution in [0, 0.1) is 0 Å². The summed E-state index contributed by atoms with van der Waals surface area (Å²) in [6.07, 6.45) is 0.890. The lowest BCUT2D eigenvalue weighted by molar-refractivity contribution is 0.0607. The third-order valence-electron chi connectivity index (χ3n) is 3.37. The number of amides is 1. The third kappa shape index (κ3) is 1.94. The molecule has 1 atom stereocenters. The number of carbonyl (C=O) groups excluding carboxylic acids is 1. The number of nitrogens with one attached hydrogen (secondary N) is 1. The number of carboxylic acid groups (broad SMARTS) is 1. The van der Waals surface area contributed by atoms with Crippen molar-refractivity contribution in [3.8, 4) is 5.75 Å². The summed E-state index contributed by atoms with van der Waals surface area (Å²) in [6, 6.07) is 0. The molecule has 1 aliphatic rings. The SMILES string of the molecule is CNC1Cn2cc(C(=O)O)c(=O)c(OC)c2C(=O)N1C. The number of carboxylic acids is 1. The molecule has 2 N–H and O–H groups in total. The lowest BCUT2D eigenvalue weighted by Crippen LogP contribution is -2.53. The van der Waals surface area contributed by atoms with Crippen LogP contribution < -0.4 is 15.5 Å². The Morgan fingerprint density at radius 1 is 1.50 bits per heavy atom. The maximum absolute atomic E-state index is 12.3. The first-order chi connectivity index (χ1) is 9.42. The van der Waals surface area contributed by atoms with Gasteiger partial charge in [-0.2, -0.15) is 0 Å². The summed E-state index contributed by atoms with van der Waals surface area (Å²) in [7, 11) is 4.53. The van der Waals surface area contributed by atoms with Crippen molar-refractivity contribution in [2.75, 3.05) is 21.2 Å². The smallest absolute Gasteiger partial charge is 0.341 e. The van der Waals surface area contributed by atoms with Gasteiger partial charge in [0, 0.05) is 13.2 Å². The number of likely N-dealkylation sites (N-methyl/N-ethyl adjacent to an activating group) is 2. The second-order valence-corrected chi connectivity index (χ2v) is 4.43. The van der Waals surface area contributed by atoms with Gasteiger partial charge < -0.3 is 19.3 Å². The molecular formula is C12H15N3O5. The monoisotopic (exact) mass is 281 g/mol. The van der Waals surface area contributed by atoms with Crippen LogP contribution >= 0.6 is 0 Å². The Morgan fingerprint density at radius 2 is 2.15 bits per heavy atom. The molecule has 0 saturated carbocycles. The molecule has 0 bridgehead atoms. The van der Waals surface area contributed by atoms with Crippen LogP contribution in [0.3, 0.4) is 0 Å². The summed E-state index contributed by atoms with van der Waals surface area (Å²) >= 11 is 0. The first-order valence-corrected chi connectivity index (χ1v) is 5.91. The van der Waals surface area contributed by atoms with Gasteiger partial charge in [-0.25, -0.2) is 4.79 Å². The molecule has 108 valence electrons. The van der Waals surface area contributed by atoms with Gasteiger partial charge in [0.05, 0.1) is 13.7 Å². The van der Waals surface area contributed by atoms with E-state index in [9.17, 15) is 14.4 Å². The van der Waals surface area contributed by atoms with E-state index in [4.69, 9.17) is 9.84 Å². The Morgan fingerprint density at radius 3 is 2.65 bits per heavy atom. The Balaban J connectivity index is 2.73. The molecule has 2 heterocycles. The highest BCUT2D eigenvalue weighted by molar-refractivity contribution is 5.97. The number of hydrogen-bond acceptors (Lipinski definition) is 5. The van der Waals surface area contributed by atoms with Crippen LogP contribution in [0.5, 0.6) is 5.75 Å². The zero-order valence-corrected chi connectivity index (χ0v) is 11.3. The minimum absolute atomic E-state index is 0.0662. The molecule has 2 rings (SSSR count). The van der Waals surface area contributed by atoms with Crippen LogP contribution in [0.25, 0.3) is 0 Å². The van der Waals surface area contributed by atoms with Crippen molar-refractivity contribution in [1.29, 1.82) is 0 Å². The first-order valence-electron chi connectivity index (χ1n) is 5.91. The number of rotatable bonds is 3. The first kappa shape index (κ1) is 14.1. The zero-order valence-electron chi connectivity index (χ0n) is 11.3. The van der Waals surface area contributed by atoms with E-state index >= 15 is 0 Å². The van der Waals surface area contributed by atoms with Crippen LogP contribution in [0.2, 0.25) is 0 Å². The quantitative estimate of drug-likeness (QED) is 0.751. The average Bonchev–Trinajstić information content (AvgIpc) is 2.42. The number of aromatic nitrogens is 1. The predicted molar refractivity (Wildman–Crippen MR) is 69.2 cm³/mol. The maximum Gasteiger partial charge on any atom is 0.341 e. The van der Waals surface area contributed by atoms with Gasteiger partial charge in [-0.3, -0.25) is 14.9 Å². The molecule has 0 fully saturated rings. The Hall–Kier alpha value is -2.35. The van der Waals surface area contributed by atoms with Gasteiger partial charge >= 0.3 is 5.97 Å². The summed E-state index contributed by atoms with van der Waals surface area (Å²) in [4.78, 5) is 36.8. The predicted octanol–water partition coefficient (Wildman–Crippen LogP) is -0.814. The number of aromatic carboxylic acids is 1. The standard InChI is InChI=1S/C12H15N3O5/c1-13-7-5-15-4-6(12(18)19)9(16)10(20-3)8(15)11(17)14(7)2/h4,7,13H,5H2,1-3H3,(H,18,19). The third-order valence-corrected chi connectivity index (χ3v) is 3.37. The van der Waals surface area contributed by atoms with Crippen molar-refractivity contribution in [2.24, 2.45) is 0 Å². The van der Waals surface area contributed by atoms with E-state index < -0.39 is 22.9 Å². The van der Waals surface area contributed by atoms with Gasteiger partial charge in [0.2, 0.25) is 5.43 Å². The summed E-state index contributed by atoms with van der Waals surface area (Å²) < 4.78 is 6.39. The lowest BCUT2D eigenvalue weighted by Gasteiger charge is -2.35. The summed E-state index contributed by atoms with van der Waals surface area (Å²) in [5.74, 6) is -1.99. The minimum atomic E-state index is -1.35. The Kier molecular flexibility index (Phi) is 3.49. The van der Waals surface area contributed by atoms with Gasteiger partial charge in [0.25, 0.3) is 5.91 Å². The molecule has 1 aromatic heterocycles. The summed E-state index contributed by atoms with van der Waals surface area (Å²) in [5.41, 5.74) is -1.15. The molecule has 20 heavy (non-hydrogen) atoms. The molecule has 0 saturated heterocycles. The van der Waals surface area contributed by atoms with Crippen LogP contribution in [0.15, 0.2) is 11.0 Å². The molecule has 1 aliphatic heterocycles. The zero-order chi connectivity index (χ0) is 15.0. The highest BCUT2D eigenvalue weighted by Crippen LogP contribution is 2.22. The molecule has 0 aromatic carbocycles. The molecule has 0 spiro atoms. The second kappa shape index (κ2) is 4.97. The Labute approximate surface area is 114 Å². The van der Waals surface area contributed by atoms with E-state index in [0.29, 0.717) is 6.54 Å². The number of hydrogen-bond donors (Lipinski definition) is 2. The average molecular weight is 281 g/mol. The van der Waals surface area contributed by atoms with E-state index in [-0.39, 0.29) is 17.6 Å². The van der Waals surface area contributed by atoms with E-state index in [2.05, 4.69) is 5.32 Å². The number of fused-ring (bicyclic) bond motifs is 1. The van der Waals surface area contributed by atoms with Crippen molar-refractivity contribution in [2.45, 2.75) is 12.7 Å². The van der Waals surface area contributed by atoms with Crippen molar-refractivity contribution >= 4 is 11.9 Å². The molecule has 1 unspecified atom stereocenters. The largest absolute Gasteiger partial charge is 0.491 e. The van der Waals surface area contributed by atoms with Crippen molar-refractivity contribution in [1.82, 2.24) is 14.8 Å².